The van der Waals surface area contributed by atoms with Crippen molar-refractivity contribution < 1.29 is 4.74 Å². The van der Waals surface area contributed by atoms with Crippen molar-refractivity contribution >= 4 is 28.3 Å². The first-order valence-electron chi connectivity index (χ1n) is 13.4. The molecule has 4 aromatic rings. The molecule has 0 spiro atoms. The maximum Gasteiger partial charge on any atom is 0.261 e. The van der Waals surface area contributed by atoms with Crippen molar-refractivity contribution in [1.82, 2.24) is 29.6 Å². The van der Waals surface area contributed by atoms with Crippen LogP contribution in [0.4, 0.5) is 5.69 Å². The molecule has 9 nitrogen and oxygen atoms in total. The second kappa shape index (κ2) is 11.7. The topological polar surface area (TPSA) is 104 Å². The highest BCUT2D eigenvalue weighted by atomic mass is 35.5. The van der Waals surface area contributed by atoms with Crippen LogP contribution in [0, 0.1) is 6.92 Å². The molecule has 1 aliphatic rings. The zero-order valence-corrected chi connectivity index (χ0v) is 23.0. The summed E-state index contributed by atoms with van der Waals surface area (Å²) >= 11 is 5.96. The molecule has 0 aliphatic carbocycles. The van der Waals surface area contributed by atoms with E-state index in [9.17, 15) is 4.79 Å². The SMILES string of the molecule is Cc1cc(C2CCN(CCOC(C)C)CC2)cc2[nH]c(-c3c(NCCn4cc(Cl)cn4)cc[nH]c3=O)nc12. The van der Waals surface area contributed by atoms with Gasteiger partial charge in [-0.3, -0.25) is 9.48 Å². The molecule has 0 bridgehead atoms. The molecule has 5 rings (SSSR count). The smallest absolute Gasteiger partial charge is 0.261 e. The number of fused-ring (bicyclic) bond motifs is 1. The Hall–Kier alpha value is -3.14. The van der Waals surface area contributed by atoms with E-state index in [1.807, 2.05) is 6.07 Å². The fraction of sp³-hybridized carbons (Fsp3) is 0.464. The van der Waals surface area contributed by atoms with Gasteiger partial charge in [0.05, 0.1) is 47.2 Å². The number of nitrogens with zero attached hydrogens (tertiary/aromatic N) is 4. The summed E-state index contributed by atoms with van der Waals surface area (Å²) in [5.41, 5.74) is 5.34. The maximum atomic E-state index is 12.9. The number of hydrogen-bond acceptors (Lipinski definition) is 6. The molecular formula is C28H36ClN7O2. The number of ether oxygens (including phenoxy) is 1. The number of aromatic amines is 2. The molecule has 3 aromatic heterocycles. The van der Waals surface area contributed by atoms with E-state index in [1.165, 1.54) is 5.56 Å². The number of hydrogen-bond donors (Lipinski definition) is 3. The van der Waals surface area contributed by atoms with Crippen molar-refractivity contribution in [2.45, 2.75) is 52.2 Å². The number of aryl methyl sites for hydroxylation is 1. The van der Waals surface area contributed by atoms with E-state index in [-0.39, 0.29) is 11.7 Å². The van der Waals surface area contributed by atoms with Crippen LogP contribution in [0.3, 0.4) is 0 Å². The molecule has 1 saturated heterocycles. The van der Waals surface area contributed by atoms with Crippen molar-refractivity contribution in [1.29, 1.82) is 0 Å². The van der Waals surface area contributed by atoms with Gasteiger partial charge in [-0.25, -0.2) is 4.98 Å². The first-order valence-corrected chi connectivity index (χ1v) is 13.7. The molecule has 0 saturated carbocycles. The Morgan fingerprint density at radius 1 is 1.24 bits per heavy atom. The van der Waals surface area contributed by atoms with Gasteiger partial charge in [-0.15, -0.1) is 0 Å². The zero-order valence-electron chi connectivity index (χ0n) is 22.3. The van der Waals surface area contributed by atoms with E-state index in [1.54, 1.807) is 23.3 Å². The summed E-state index contributed by atoms with van der Waals surface area (Å²) in [5.74, 6) is 1.08. The van der Waals surface area contributed by atoms with Crippen LogP contribution in [0.2, 0.25) is 5.02 Å². The quantitative estimate of drug-likeness (QED) is 0.269. The molecule has 0 amide bonds. The van der Waals surface area contributed by atoms with E-state index in [4.69, 9.17) is 21.3 Å². The van der Waals surface area contributed by atoms with Gasteiger partial charge in [-0.05, 0) is 75.9 Å². The molecule has 0 unspecified atom stereocenters. The average Bonchev–Trinajstić information content (AvgIpc) is 3.50. The molecule has 1 fully saturated rings. The molecule has 38 heavy (non-hydrogen) atoms. The van der Waals surface area contributed by atoms with Crippen LogP contribution >= 0.6 is 11.6 Å². The first-order chi connectivity index (χ1) is 18.4. The highest BCUT2D eigenvalue weighted by Gasteiger charge is 2.22. The normalized spacial score (nSPS) is 15.1. The second-order valence-corrected chi connectivity index (χ2v) is 10.7. The second-order valence-electron chi connectivity index (χ2n) is 10.3. The molecule has 202 valence electrons. The van der Waals surface area contributed by atoms with Crippen molar-refractivity contribution in [2.75, 3.05) is 38.1 Å². The van der Waals surface area contributed by atoms with Crippen LogP contribution in [0.5, 0.6) is 0 Å². The van der Waals surface area contributed by atoms with Gasteiger partial charge in [0.2, 0.25) is 0 Å². The van der Waals surface area contributed by atoms with Gasteiger partial charge < -0.3 is 24.9 Å². The highest BCUT2D eigenvalue weighted by molar-refractivity contribution is 6.30. The van der Waals surface area contributed by atoms with Gasteiger partial charge in [0.15, 0.2) is 0 Å². The van der Waals surface area contributed by atoms with Gasteiger partial charge >= 0.3 is 0 Å². The summed E-state index contributed by atoms with van der Waals surface area (Å²) in [5, 5.41) is 8.16. The number of piperidine rings is 1. The minimum Gasteiger partial charge on any atom is -0.382 e. The number of H-pyrrole nitrogens is 2. The number of anilines is 1. The number of rotatable bonds is 10. The third-order valence-corrected chi connectivity index (χ3v) is 7.37. The van der Waals surface area contributed by atoms with Crippen molar-refractivity contribution in [3.63, 3.8) is 0 Å². The van der Waals surface area contributed by atoms with Crippen molar-refractivity contribution in [3.05, 3.63) is 63.3 Å². The molecule has 0 atom stereocenters. The molecular weight excluding hydrogens is 502 g/mol. The monoisotopic (exact) mass is 537 g/mol. The summed E-state index contributed by atoms with van der Waals surface area (Å²) in [7, 11) is 0. The lowest BCUT2D eigenvalue weighted by atomic mass is 9.88. The van der Waals surface area contributed by atoms with Crippen LogP contribution in [-0.2, 0) is 11.3 Å². The maximum absolute atomic E-state index is 12.9. The summed E-state index contributed by atoms with van der Waals surface area (Å²) in [6, 6.07) is 6.34. The predicted molar refractivity (Wildman–Crippen MR) is 152 cm³/mol. The molecule has 1 aliphatic heterocycles. The number of aromatic nitrogens is 5. The minimum atomic E-state index is -0.192. The van der Waals surface area contributed by atoms with Crippen LogP contribution in [-0.4, -0.2) is 68.5 Å². The van der Waals surface area contributed by atoms with Crippen molar-refractivity contribution in [2.24, 2.45) is 0 Å². The van der Waals surface area contributed by atoms with Crippen LogP contribution in [0.1, 0.15) is 43.7 Å². The first kappa shape index (κ1) is 26.5. The molecule has 3 N–H and O–H groups in total. The minimum absolute atomic E-state index is 0.192. The number of nitrogens with one attached hydrogen (secondary N) is 3. The van der Waals surface area contributed by atoms with Gasteiger partial charge in [0.1, 0.15) is 11.4 Å². The van der Waals surface area contributed by atoms with Gasteiger partial charge in [-0.2, -0.15) is 5.10 Å². The Morgan fingerprint density at radius 2 is 2.05 bits per heavy atom. The lowest BCUT2D eigenvalue weighted by Gasteiger charge is -2.32. The van der Waals surface area contributed by atoms with E-state index in [0.29, 0.717) is 35.4 Å². The Bertz CT molecular complexity index is 1430. The van der Waals surface area contributed by atoms with Crippen LogP contribution in [0.15, 0.2) is 41.6 Å². The number of halogens is 1. The molecule has 10 heteroatoms. The lowest BCUT2D eigenvalue weighted by Crippen LogP contribution is -2.35. The fourth-order valence-corrected chi connectivity index (χ4v) is 5.36. The van der Waals surface area contributed by atoms with E-state index < -0.39 is 0 Å². The van der Waals surface area contributed by atoms with Gasteiger partial charge in [0, 0.05) is 25.5 Å². The third-order valence-electron chi connectivity index (χ3n) is 7.17. The van der Waals surface area contributed by atoms with Crippen molar-refractivity contribution in [3.8, 4) is 11.4 Å². The van der Waals surface area contributed by atoms with E-state index in [0.717, 1.165) is 61.4 Å². The number of pyridine rings is 1. The third kappa shape index (κ3) is 6.11. The Kier molecular flexibility index (Phi) is 8.16. The zero-order chi connectivity index (χ0) is 26.6. The summed E-state index contributed by atoms with van der Waals surface area (Å²) in [6.07, 6.45) is 7.56. The molecule has 4 heterocycles. The lowest BCUT2D eigenvalue weighted by molar-refractivity contribution is 0.0536. The fourth-order valence-electron chi connectivity index (χ4n) is 5.21. The Morgan fingerprint density at radius 3 is 2.79 bits per heavy atom. The summed E-state index contributed by atoms with van der Waals surface area (Å²) < 4.78 is 7.49. The molecule has 0 radical (unpaired) electrons. The van der Waals surface area contributed by atoms with Crippen LogP contribution < -0.4 is 10.9 Å². The van der Waals surface area contributed by atoms with E-state index in [2.05, 4.69) is 58.2 Å². The van der Waals surface area contributed by atoms with Gasteiger partial charge in [-0.1, -0.05) is 17.7 Å². The predicted octanol–water partition coefficient (Wildman–Crippen LogP) is 4.79. The summed E-state index contributed by atoms with van der Waals surface area (Å²) in [4.78, 5) is 26.5. The van der Waals surface area contributed by atoms with Crippen LogP contribution in [0.25, 0.3) is 22.4 Å². The number of likely N-dealkylation sites (tertiary alicyclic amines) is 1. The summed E-state index contributed by atoms with van der Waals surface area (Å²) in [6.45, 7) is 11.4. The highest BCUT2D eigenvalue weighted by Crippen LogP contribution is 2.33. The largest absolute Gasteiger partial charge is 0.382 e. The Balaban J connectivity index is 1.31. The van der Waals surface area contributed by atoms with Gasteiger partial charge in [0.25, 0.3) is 5.56 Å². The number of imidazole rings is 1. The Labute approximate surface area is 227 Å². The standard InChI is InChI=1S/C28H36ClN7O2/c1-18(2)38-13-12-35-9-5-20(6-10-35)21-14-19(3)26-24(15-21)33-27(34-26)25-23(4-7-31-28(25)37)30-8-11-36-17-22(29)16-32-36/h4,7,14-18,20H,5-6,8-13H2,1-3H3,(H,33,34)(H2,30,31,37). The molecule has 1 aromatic carbocycles. The number of benzene rings is 1. The van der Waals surface area contributed by atoms with E-state index >= 15 is 0 Å². The average molecular weight is 538 g/mol.